The molecule has 2 N–H and O–H groups in total. The van der Waals surface area contributed by atoms with Crippen molar-refractivity contribution in [1.82, 2.24) is 5.32 Å². The van der Waals surface area contributed by atoms with Crippen LogP contribution < -0.4 is 5.32 Å². The standard InChI is InChI=1S/C27H29NO3S2/c1-19-8-6-7-11-22(19)24-16-21(18-33-17-20-9-4-3-5-10-20)12-13-23(24)26(29)28-25(27(30)31)14-15-32-2/h3-13,16,25H,14-15,17-18H2,1-2H3,(H,28,29)(H,30,31)/t25-/m0/s1. The van der Waals surface area contributed by atoms with E-state index in [2.05, 4.69) is 23.5 Å². The van der Waals surface area contributed by atoms with E-state index in [1.807, 2.05) is 79.5 Å². The van der Waals surface area contributed by atoms with Crippen LogP contribution in [0, 0.1) is 6.92 Å². The van der Waals surface area contributed by atoms with Crippen LogP contribution in [0.3, 0.4) is 0 Å². The molecule has 0 aliphatic heterocycles. The van der Waals surface area contributed by atoms with Gasteiger partial charge in [-0.1, -0.05) is 60.7 Å². The van der Waals surface area contributed by atoms with Gasteiger partial charge in [-0.2, -0.15) is 23.5 Å². The maximum Gasteiger partial charge on any atom is 0.326 e. The Balaban J connectivity index is 1.85. The Labute approximate surface area is 204 Å². The van der Waals surface area contributed by atoms with E-state index in [1.165, 1.54) is 5.56 Å². The number of hydrogen-bond acceptors (Lipinski definition) is 4. The number of amides is 1. The molecule has 6 heteroatoms. The number of aliphatic carboxylic acids is 1. The molecule has 0 spiro atoms. The molecule has 3 aromatic carbocycles. The number of carbonyl (C=O) groups is 2. The Hall–Kier alpha value is -2.70. The third-order valence-corrected chi connectivity index (χ3v) is 7.08. The SMILES string of the molecule is CSCC[C@H](NC(=O)c1ccc(CSCc2ccccc2)cc1-c1ccccc1C)C(=O)O. The van der Waals surface area contributed by atoms with Gasteiger partial charge in [0.25, 0.3) is 5.91 Å². The molecule has 0 aliphatic carbocycles. The number of hydrogen-bond donors (Lipinski definition) is 2. The third-order valence-electron chi connectivity index (χ3n) is 5.36. The van der Waals surface area contributed by atoms with Gasteiger partial charge in [-0.3, -0.25) is 4.79 Å². The molecule has 3 rings (SSSR count). The van der Waals surface area contributed by atoms with Crippen molar-refractivity contribution in [2.45, 2.75) is 30.9 Å². The smallest absolute Gasteiger partial charge is 0.326 e. The highest BCUT2D eigenvalue weighted by molar-refractivity contribution is 7.98. The number of carboxylic acids is 1. The molecule has 0 aromatic heterocycles. The Morgan fingerprint density at radius 2 is 1.61 bits per heavy atom. The number of nitrogens with one attached hydrogen (secondary N) is 1. The first-order chi connectivity index (χ1) is 16.0. The summed E-state index contributed by atoms with van der Waals surface area (Å²) in [6, 6.07) is 23.2. The van der Waals surface area contributed by atoms with Crippen LogP contribution in [0.25, 0.3) is 11.1 Å². The minimum absolute atomic E-state index is 0.356. The molecule has 0 unspecified atom stereocenters. The summed E-state index contributed by atoms with van der Waals surface area (Å²) in [4.78, 5) is 24.8. The predicted molar refractivity (Wildman–Crippen MR) is 140 cm³/mol. The number of aryl methyl sites for hydroxylation is 1. The van der Waals surface area contributed by atoms with Gasteiger partial charge >= 0.3 is 5.97 Å². The topological polar surface area (TPSA) is 66.4 Å². The molecule has 0 aliphatic rings. The number of benzene rings is 3. The minimum Gasteiger partial charge on any atom is -0.480 e. The van der Waals surface area contributed by atoms with Crippen molar-refractivity contribution in [2.24, 2.45) is 0 Å². The summed E-state index contributed by atoms with van der Waals surface area (Å²) in [6.45, 7) is 2.02. The molecule has 0 heterocycles. The average Bonchev–Trinajstić information content (AvgIpc) is 2.82. The van der Waals surface area contributed by atoms with E-state index in [0.717, 1.165) is 33.8 Å². The summed E-state index contributed by atoms with van der Waals surface area (Å²) in [5.41, 5.74) is 5.78. The molecule has 1 amide bonds. The molecule has 0 radical (unpaired) electrons. The first-order valence-electron chi connectivity index (χ1n) is 10.8. The Morgan fingerprint density at radius 1 is 0.909 bits per heavy atom. The van der Waals surface area contributed by atoms with Gasteiger partial charge in [0.2, 0.25) is 0 Å². The summed E-state index contributed by atoms with van der Waals surface area (Å²) in [5.74, 6) is 1.04. The first kappa shape index (κ1) is 24.9. The van der Waals surface area contributed by atoms with Crippen molar-refractivity contribution in [3.63, 3.8) is 0 Å². The fourth-order valence-electron chi connectivity index (χ4n) is 3.57. The van der Waals surface area contributed by atoms with E-state index >= 15 is 0 Å². The number of thioether (sulfide) groups is 2. The number of carboxylic acid groups (broad SMARTS) is 1. The van der Waals surface area contributed by atoms with E-state index in [9.17, 15) is 14.7 Å². The monoisotopic (exact) mass is 479 g/mol. The maximum atomic E-state index is 13.2. The highest BCUT2D eigenvalue weighted by Crippen LogP contribution is 2.30. The van der Waals surface area contributed by atoms with E-state index in [4.69, 9.17) is 0 Å². The van der Waals surface area contributed by atoms with E-state index in [-0.39, 0.29) is 5.91 Å². The van der Waals surface area contributed by atoms with Crippen LogP contribution >= 0.6 is 23.5 Å². The highest BCUT2D eigenvalue weighted by atomic mass is 32.2. The lowest BCUT2D eigenvalue weighted by molar-refractivity contribution is -0.139. The van der Waals surface area contributed by atoms with E-state index in [1.54, 1.807) is 11.8 Å². The molecule has 33 heavy (non-hydrogen) atoms. The van der Waals surface area contributed by atoms with Crippen molar-refractivity contribution in [3.8, 4) is 11.1 Å². The lowest BCUT2D eigenvalue weighted by Gasteiger charge is -2.17. The van der Waals surface area contributed by atoms with Gasteiger partial charge in [0.1, 0.15) is 6.04 Å². The predicted octanol–water partition coefficient (Wildman–Crippen LogP) is 6.03. The summed E-state index contributed by atoms with van der Waals surface area (Å²) in [6.07, 6.45) is 2.31. The molecule has 0 bridgehead atoms. The van der Waals surface area contributed by atoms with Crippen LogP contribution in [0.5, 0.6) is 0 Å². The average molecular weight is 480 g/mol. The zero-order valence-corrected chi connectivity index (χ0v) is 20.5. The van der Waals surface area contributed by atoms with Crippen LogP contribution in [-0.2, 0) is 16.3 Å². The quantitative estimate of drug-likeness (QED) is 0.351. The highest BCUT2D eigenvalue weighted by Gasteiger charge is 2.22. The molecule has 0 saturated carbocycles. The summed E-state index contributed by atoms with van der Waals surface area (Å²) in [5, 5.41) is 12.3. The number of carbonyl (C=O) groups excluding carboxylic acids is 1. The maximum absolute atomic E-state index is 13.2. The lowest BCUT2D eigenvalue weighted by atomic mass is 9.94. The zero-order valence-electron chi connectivity index (χ0n) is 18.9. The van der Waals surface area contributed by atoms with Gasteiger partial charge in [-0.15, -0.1) is 0 Å². The van der Waals surface area contributed by atoms with Crippen LogP contribution in [0.1, 0.15) is 33.5 Å². The lowest BCUT2D eigenvalue weighted by Crippen LogP contribution is -2.41. The van der Waals surface area contributed by atoms with Gasteiger partial charge in [-0.05, 0) is 65.3 Å². The summed E-state index contributed by atoms with van der Waals surface area (Å²) < 4.78 is 0. The second-order valence-corrected chi connectivity index (χ2v) is 9.79. The third kappa shape index (κ3) is 7.14. The van der Waals surface area contributed by atoms with Crippen molar-refractivity contribution in [1.29, 1.82) is 0 Å². The van der Waals surface area contributed by atoms with Crippen molar-refractivity contribution in [3.05, 3.63) is 95.1 Å². The Kier molecular flexibility index (Phi) is 9.46. The largest absolute Gasteiger partial charge is 0.480 e. The van der Waals surface area contributed by atoms with Crippen LogP contribution in [0.15, 0.2) is 72.8 Å². The van der Waals surface area contributed by atoms with Crippen molar-refractivity contribution in [2.75, 3.05) is 12.0 Å². The number of rotatable bonds is 11. The molecule has 0 saturated heterocycles. The molecular weight excluding hydrogens is 450 g/mol. The summed E-state index contributed by atoms with van der Waals surface area (Å²) >= 11 is 3.39. The Bertz CT molecular complexity index is 1090. The van der Waals surface area contributed by atoms with Gasteiger partial charge in [0.05, 0.1) is 0 Å². The van der Waals surface area contributed by atoms with Crippen LogP contribution in [0.4, 0.5) is 0 Å². The van der Waals surface area contributed by atoms with Crippen LogP contribution in [0.2, 0.25) is 0 Å². The van der Waals surface area contributed by atoms with Gasteiger partial charge in [0, 0.05) is 17.1 Å². The van der Waals surface area contributed by atoms with Crippen molar-refractivity contribution < 1.29 is 14.7 Å². The molecule has 0 fully saturated rings. The molecule has 1 atom stereocenters. The summed E-state index contributed by atoms with van der Waals surface area (Å²) in [7, 11) is 0. The van der Waals surface area contributed by atoms with Crippen LogP contribution in [-0.4, -0.2) is 35.0 Å². The van der Waals surface area contributed by atoms with Gasteiger partial charge in [-0.25, -0.2) is 4.79 Å². The van der Waals surface area contributed by atoms with E-state index < -0.39 is 12.0 Å². The first-order valence-corrected chi connectivity index (χ1v) is 13.4. The van der Waals surface area contributed by atoms with Gasteiger partial charge < -0.3 is 10.4 Å². The zero-order chi connectivity index (χ0) is 23.6. The fourth-order valence-corrected chi connectivity index (χ4v) is 4.98. The van der Waals surface area contributed by atoms with Crippen molar-refractivity contribution >= 4 is 35.4 Å². The Morgan fingerprint density at radius 3 is 2.30 bits per heavy atom. The minimum atomic E-state index is -1.01. The van der Waals surface area contributed by atoms with E-state index in [0.29, 0.717) is 17.7 Å². The molecule has 4 nitrogen and oxygen atoms in total. The van der Waals surface area contributed by atoms with Gasteiger partial charge in [0.15, 0.2) is 0 Å². The second kappa shape index (κ2) is 12.5. The fraction of sp³-hybridized carbons (Fsp3) is 0.259. The normalized spacial score (nSPS) is 11.7. The molecule has 3 aromatic rings. The molecular formula is C27H29NO3S2. The molecule has 172 valence electrons. The second-order valence-electron chi connectivity index (χ2n) is 7.82.